The Morgan fingerprint density at radius 3 is 2.14 bits per heavy atom. The summed E-state index contributed by atoms with van der Waals surface area (Å²) in [5, 5.41) is 0.722. The fraction of sp³-hybridized carbons (Fsp3) is 0.444. The number of rotatable bonds is 4. The normalized spacial score (nSPS) is 9.43. The molecule has 1 aromatic rings. The van der Waals surface area contributed by atoms with Crippen LogP contribution in [0.4, 0.5) is 0 Å². The van der Waals surface area contributed by atoms with Crippen LogP contribution in [0.2, 0.25) is 0 Å². The highest BCUT2D eigenvalue weighted by molar-refractivity contribution is 6.50. The second-order valence-electron chi connectivity index (χ2n) is 2.54. The average molecular weight is 214 g/mol. The Morgan fingerprint density at radius 2 is 1.71 bits per heavy atom. The minimum atomic E-state index is -1.23. The van der Waals surface area contributed by atoms with Gasteiger partial charge < -0.3 is 18.6 Å². The molecule has 0 radical (unpaired) electrons. The number of methoxy groups -OCH3 is 3. The largest absolute Gasteiger partial charge is 0.548 e. The van der Waals surface area contributed by atoms with Gasteiger partial charge in [0.05, 0.1) is 28.4 Å². The summed E-state index contributed by atoms with van der Waals surface area (Å²) in [6.45, 7) is 0. The lowest BCUT2D eigenvalue weighted by molar-refractivity contribution is 0.325. The molecular weight excluding hydrogens is 200 g/mol. The van der Waals surface area contributed by atoms with Crippen LogP contribution < -0.4 is 18.6 Å². The van der Waals surface area contributed by atoms with E-state index in [1.807, 2.05) is 11.7 Å². The van der Waals surface area contributed by atoms with Gasteiger partial charge >= 0.3 is 8.64 Å². The highest BCUT2D eigenvalue weighted by Gasteiger charge is 2.16. The highest BCUT2D eigenvalue weighted by Crippen LogP contribution is 2.35. The quantitative estimate of drug-likeness (QED) is 0.695. The third-order valence-electron chi connectivity index (χ3n) is 1.89. The Hall–Kier alpha value is -1.23. The Kier molecular flexibility index (Phi) is 3.76. The standard InChI is InChI=1S/C9H14O4Si/c1-10-7-5-6-14(13-4)9(12-3)8(7)11-2/h5-6H,1-4H3. The molecule has 0 aliphatic heterocycles. The zero-order chi connectivity index (χ0) is 10.6. The molecule has 14 heavy (non-hydrogen) atoms. The lowest BCUT2D eigenvalue weighted by Crippen LogP contribution is -2.12. The summed E-state index contributed by atoms with van der Waals surface area (Å²) in [5.41, 5.74) is 1.95. The molecule has 0 aromatic carbocycles. The first kappa shape index (κ1) is 10.8. The first-order valence-electron chi connectivity index (χ1n) is 4.11. The molecule has 0 saturated carbocycles. The summed E-state index contributed by atoms with van der Waals surface area (Å²) in [5.74, 6) is 1.28. The van der Waals surface area contributed by atoms with Crippen molar-refractivity contribution in [1.29, 1.82) is 0 Å². The number of ether oxygens (including phenoxy) is 3. The molecule has 1 rings (SSSR count). The van der Waals surface area contributed by atoms with Gasteiger partial charge in [-0.2, -0.15) is 0 Å². The summed E-state index contributed by atoms with van der Waals surface area (Å²) < 4.78 is 20.9. The summed E-state index contributed by atoms with van der Waals surface area (Å²) >= 11 is 0. The first-order chi connectivity index (χ1) is 6.78. The fourth-order valence-corrected chi connectivity index (χ4v) is 2.66. The van der Waals surface area contributed by atoms with Gasteiger partial charge in [0.25, 0.3) is 0 Å². The van der Waals surface area contributed by atoms with E-state index in [4.69, 9.17) is 18.6 Å². The minimum Gasteiger partial charge on any atom is -0.548 e. The van der Waals surface area contributed by atoms with Crippen LogP contribution in [0.25, 0.3) is 0 Å². The number of hydrogen-bond acceptors (Lipinski definition) is 4. The summed E-state index contributed by atoms with van der Waals surface area (Å²) in [4.78, 5) is 0. The Bertz CT molecular complexity index is 283. The molecule has 0 amide bonds. The molecule has 0 spiro atoms. The lowest BCUT2D eigenvalue weighted by atomic mass is 10.4. The van der Waals surface area contributed by atoms with Gasteiger partial charge in [-0.15, -0.1) is 0 Å². The maximum atomic E-state index is 5.30. The maximum absolute atomic E-state index is 5.30. The van der Waals surface area contributed by atoms with Gasteiger partial charge in [0.1, 0.15) is 0 Å². The zero-order valence-corrected chi connectivity index (χ0v) is 9.79. The summed E-state index contributed by atoms with van der Waals surface area (Å²) in [6, 6.07) is 1.85. The second kappa shape index (κ2) is 4.85. The van der Waals surface area contributed by atoms with Crippen LogP contribution in [0.3, 0.4) is 0 Å². The van der Waals surface area contributed by atoms with E-state index in [9.17, 15) is 0 Å². The van der Waals surface area contributed by atoms with Gasteiger partial charge in [0.15, 0.2) is 11.1 Å². The molecule has 1 aromatic heterocycles. The van der Waals surface area contributed by atoms with Crippen molar-refractivity contribution in [1.82, 2.24) is 0 Å². The van der Waals surface area contributed by atoms with Gasteiger partial charge in [-0.1, -0.05) is 0 Å². The molecule has 0 atom stereocenters. The molecule has 78 valence electrons. The van der Waals surface area contributed by atoms with Crippen molar-refractivity contribution in [2.24, 2.45) is 0 Å². The van der Waals surface area contributed by atoms with E-state index >= 15 is 0 Å². The van der Waals surface area contributed by atoms with Gasteiger partial charge in [-0.3, -0.25) is 0 Å². The first-order valence-corrected chi connectivity index (χ1v) is 5.60. The molecule has 0 bridgehead atoms. The van der Waals surface area contributed by atoms with Crippen molar-refractivity contribution < 1.29 is 18.6 Å². The molecular formula is C9H14O4Si. The van der Waals surface area contributed by atoms with Crippen LogP contribution in [0.15, 0.2) is 11.7 Å². The van der Waals surface area contributed by atoms with Crippen LogP contribution in [0.1, 0.15) is 0 Å². The third-order valence-corrected chi connectivity index (χ3v) is 3.68. The van der Waals surface area contributed by atoms with Crippen LogP contribution in [0, 0.1) is 0 Å². The third kappa shape index (κ3) is 1.82. The Morgan fingerprint density at radius 1 is 1.00 bits per heavy atom. The smallest absolute Gasteiger partial charge is 0.312 e. The molecule has 0 fully saturated rings. The summed E-state index contributed by atoms with van der Waals surface area (Å²) in [6.07, 6.45) is 0. The molecule has 0 unspecified atom stereocenters. The van der Waals surface area contributed by atoms with Crippen molar-refractivity contribution in [3.63, 3.8) is 0 Å². The Labute approximate surface area is 85.0 Å². The van der Waals surface area contributed by atoms with E-state index in [0.29, 0.717) is 11.5 Å². The molecule has 0 aliphatic carbocycles. The molecule has 5 heteroatoms. The number of hydrogen-bond donors (Lipinski definition) is 0. The van der Waals surface area contributed by atoms with Gasteiger partial charge in [0.2, 0.25) is 5.75 Å². The van der Waals surface area contributed by atoms with Crippen molar-refractivity contribution in [3.05, 3.63) is 11.7 Å². The van der Waals surface area contributed by atoms with Crippen molar-refractivity contribution in [3.8, 4) is 16.9 Å². The van der Waals surface area contributed by atoms with Crippen molar-refractivity contribution >= 4 is 8.64 Å². The average Bonchev–Trinajstić information content (AvgIpc) is 2.26. The van der Waals surface area contributed by atoms with Crippen molar-refractivity contribution in [2.45, 2.75) is 0 Å². The van der Waals surface area contributed by atoms with E-state index in [1.165, 1.54) is 0 Å². The molecule has 0 N–H and O–H groups in total. The van der Waals surface area contributed by atoms with E-state index in [-0.39, 0.29) is 0 Å². The van der Waals surface area contributed by atoms with E-state index < -0.39 is 8.64 Å². The predicted octanol–water partition coefficient (Wildman–Crippen LogP) is 0.796. The Balaban J connectivity index is 3.28. The second-order valence-corrected chi connectivity index (χ2v) is 4.46. The molecule has 4 nitrogen and oxygen atoms in total. The van der Waals surface area contributed by atoms with Crippen LogP contribution in [0.5, 0.6) is 16.9 Å². The van der Waals surface area contributed by atoms with E-state index in [1.54, 1.807) is 28.4 Å². The van der Waals surface area contributed by atoms with E-state index in [2.05, 4.69) is 0 Å². The van der Waals surface area contributed by atoms with Gasteiger partial charge in [-0.25, -0.2) is 0 Å². The minimum absolute atomic E-state index is 0.619. The van der Waals surface area contributed by atoms with Gasteiger partial charge in [0, 0.05) is 0 Å². The van der Waals surface area contributed by atoms with Crippen LogP contribution >= 0.6 is 0 Å². The zero-order valence-electron chi connectivity index (χ0n) is 8.79. The van der Waals surface area contributed by atoms with Crippen LogP contribution in [-0.2, 0) is 0 Å². The summed E-state index contributed by atoms with van der Waals surface area (Å²) in [7, 11) is 5.21. The monoisotopic (exact) mass is 214 g/mol. The molecule has 0 saturated heterocycles. The van der Waals surface area contributed by atoms with Crippen molar-refractivity contribution in [2.75, 3.05) is 28.4 Å². The SMILES string of the molecule is COc1cc[si](OC)c(OC)c1OC. The predicted molar refractivity (Wildman–Crippen MR) is 54.6 cm³/mol. The van der Waals surface area contributed by atoms with Crippen LogP contribution in [-0.4, -0.2) is 37.1 Å². The topological polar surface area (TPSA) is 36.9 Å². The highest BCUT2D eigenvalue weighted by atomic mass is 28.3. The lowest BCUT2D eigenvalue weighted by Gasteiger charge is -2.13. The molecule has 1 heterocycles. The fourth-order valence-electron chi connectivity index (χ4n) is 1.23. The van der Waals surface area contributed by atoms with E-state index in [0.717, 1.165) is 5.36 Å². The maximum Gasteiger partial charge on any atom is 0.312 e. The molecule has 0 aliphatic rings. The van der Waals surface area contributed by atoms with Gasteiger partial charge in [-0.05, 0) is 11.7 Å².